The lowest BCUT2D eigenvalue weighted by atomic mass is 10.2. The van der Waals surface area contributed by atoms with E-state index in [1.807, 2.05) is 57.2 Å². The van der Waals surface area contributed by atoms with Crippen molar-refractivity contribution in [1.82, 2.24) is 19.7 Å². The number of carbonyl (C=O) groups is 1. The Balaban J connectivity index is 1.65. The highest BCUT2D eigenvalue weighted by atomic mass is 32.1. The zero-order valence-corrected chi connectivity index (χ0v) is 18.5. The summed E-state index contributed by atoms with van der Waals surface area (Å²) >= 11 is 2.81. The lowest BCUT2D eigenvalue weighted by Gasteiger charge is -2.16. The van der Waals surface area contributed by atoms with Gasteiger partial charge in [-0.3, -0.25) is 19.5 Å². The molecule has 0 spiro atoms. The summed E-state index contributed by atoms with van der Waals surface area (Å²) in [4.78, 5) is 32.1. The number of benzene rings is 1. The summed E-state index contributed by atoms with van der Waals surface area (Å²) < 4.78 is 1.41. The highest BCUT2D eigenvalue weighted by Crippen LogP contribution is 2.31. The number of thiophene rings is 1. The Morgan fingerprint density at radius 2 is 1.93 bits per heavy atom. The number of hydrogen-bond acceptors (Lipinski definition) is 7. The third-order valence-electron chi connectivity index (χ3n) is 4.72. The number of nitrogens with zero attached hydrogens (tertiary/aromatic N) is 4. The number of rotatable bonds is 6. The van der Waals surface area contributed by atoms with Crippen LogP contribution in [-0.4, -0.2) is 25.7 Å². The Labute approximate surface area is 181 Å². The lowest BCUT2D eigenvalue weighted by Crippen LogP contribution is -2.33. The average Bonchev–Trinajstić information content (AvgIpc) is 3.38. The minimum absolute atomic E-state index is 0.222. The fourth-order valence-corrected chi connectivity index (χ4v) is 4.86. The van der Waals surface area contributed by atoms with Gasteiger partial charge in [-0.15, -0.1) is 21.5 Å². The van der Waals surface area contributed by atoms with E-state index in [2.05, 4.69) is 20.5 Å². The van der Waals surface area contributed by atoms with Crippen molar-refractivity contribution < 1.29 is 4.79 Å². The normalized spacial score (nSPS) is 12.4. The highest BCUT2D eigenvalue weighted by Gasteiger charge is 2.23. The van der Waals surface area contributed by atoms with E-state index in [-0.39, 0.29) is 17.4 Å². The Morgan fingerprint density at radius 1 is 1.17 bits per heavy atom. The molecular formula is C21H21N5O2S2. The third-order valence-corrected chi connectivity index (χ3v) is 6.96. The van der Waals surface area contributed by atoms with E-state index in [9.17, 15) is 9.59 Å². The van der Waals surface area contributed by atoms with Crippen molar-refractivity contribution in [2.75, 3.05) is 5.32 Å². The SMILES string of the molecule is CCC(C(=O)Nc1nnc(C(C)C)s1)n1cnc2sc(-c3ccccc3)cc2c1=O. The third kappa shape index (κ3) is 3.90. The van der Waals surface area contributed by atoms with Gasteiger partial charge in [-0.05, 0) is 18.1 Å². The van der Waals surface area contributed by atoms with Crippen molar-refractivity contribution in [2.45, 2.75) is 39.2 Å². The Bertz CT molecular complexity index is 1240. The average molecular weight is 440 g/mol. The minimum atomic E-state index is -0.680. The van der Waals surface area contributed by atoms with Gasteiger partial charge in [0.1, 0.15) is 15.9 Å². The van der Waals surface area contributed by atoms with Gasteiger partial charge >= 0.3 is 0 Å². The van der Waals surface area contributed by atoms with Gasteiger partial charge in [0.2, 0.25) is 11.0 Å². The topological polar surface area (TPSA) is 89.8 Å². The quantitative estimate of drug-likeness (QED) is 0.471. The molecule has 0 saturated carbocycles. The second-order valence-corrected chi connectivity index (χ2v) is 9.21. The van der Waals surface area contributed by atoms with Crippen LogP contribution in [-0.2, 0) is 4.79 Å². The second-order valence-electron chi connectivity index (χ2n) is 7.17. The summed E-state index contributed by atoms with van der Waals surface area (Å²) in [6.45, 7) is 5.90. The molecule has 0 aliphatic heterocycles. The summed E-state index contributed by atoms with van der Waals surface area (Å²) in [5.41, 5.74) is 0.814. The van der Waals surface area contributed by atoms with Crippen molar-refractivity contribution in [3.8, 4) is 10.4 Å². The van der Waals surface area contributed by atoms with Crippen LogP contribution in [0.4, 0.5) is 5.13 Å². The second kappa shape index (κ2) is 8.45. The number of fused-ring (bicyclic) bond motifs is 1. The first-order valence-corrected chi connectivity index (χ1v) is 11.3. The number of anilines is 1. The van der Waals surface area contributed by atoms with E-state index in [1.165, 1.54) is 33.6 Å². The maximum absolute atomic E-state index is 13.1. The zero-order chi connectivity index (χ0) is 21.3. The number of aromatic nitrogens is 4. The standard InChI is InChI=1S/C21H21N5O2S2/c1-4-15(17(27)23-21-25-24-18(30-21)12(2)3)26-11-22-19-14(20(26)28)10-16(29-19)13-8-6-5-7-9-13/h5-12,15H,4H2,1-3H3,(H,23,25,27). The van der Waals surface area contributed by atoms with Crippen molar-refractivity contribution in [2.24, 2.45) is 0 Å². The van der Waals surface area contributed by atoms with E-state index < -0.39 is 6.04 Å². The first kappa shape index (κ1) is 20.4. The molecule has 1 unspecified atom stereocenters. The van der Waals surface area contributed by atoms with Crippen LogP contribution in [0.25, 0.3) is 20.7 Å². The zero-order valence-electron chi connectivity index (χ0n) is 16.8. The molecule has 30 heavy (non-hydrogen) atoms. The maximum Gasteiger partial charge on any atom is 0.262 e. The van der Waals surface area contributed by atoms with Crippen LogP contribution < -0.4 is 10.9 Å². The molecule has 4 rings (SSSR count). The van der Waals surface area contributed by atoms with E-state index >= 15 is 0 Å². The molecule has 0 saturated heterocycles. The summed E-state index contributed by atoms with van der Waals surface area (Å²) in [5.74, 6) is -0.0625. The fraction of sp³-hybridized carbons (Fsp3) is 0.286. The molecule has 1 aromatic carbocycles. The summed E-state index contributed by atoms with van der Waals surface area (Å²) in [7, 11) is 0. The lowest BCUT2D eigenvalue weighted by molar-refractivity contribution is -0.119. The molecule has 7 nitrogen and oxygen atoms in total. The Morgan fingerprint density at radius 3 is 2.60 bits per heavy atom. The molecule has 1 N–H and O–H groups in total. The molecule has 1 amide bonds. The van der Waals surface area contributed by atoms with Crippen molar-refractivity contribution in [1.29, 1.82) is 0 Å². The van der Waals surface area contributed by atoms with Crippen LogP contribution in [0.2, 0.25) is 0 Å². The first-order valence-electron chi connectivity index (χ1n) is 9.68. The van der Waals surface area contributed by atoms with Gasteiger partial charge < -0.3 is 0 Å². The largest absolute Gasteiger partial charge is 0.299 e. The van der Waals surface area contributed by atoms with Gasteiger partial charge in [-0.2, -0.15) is 0 Å². The number of nitrogens with one attached hydrogen (secondary N) is 1. The predicted octanol–water partition coefficient (Wildman–Crippen LogP) is 4.69. The molecule has 154 valence electrons. The molecule has 3 heterocycles. The van der Waals surface area contributed by atoms with Gasteiger partial charge in [0.25, 0.3) is 5.56 Å². The number of hydrogen-bond donors (Lipinski definition) is 1. The first-order chi connectivity index (χ1) is 14.5. The summed E-state index contributed by atoms with van der Waals surface area (Å²) in [6.07, 6.45) is 1.91. The minimum Gasteiger partial charge on any atom is -0.299 e. The molecular weight excluding hydrogens is 418 g/mol. The predicted molar refractivity (Wildman–Crippen MR) is 121 cm³/mol. The van der Waals surface area contributed by atoms with Crippen molar-refractivity contribution in [3.63, 3.8) is 0 Å². The molecule has 0 aliphatic carbocycles. The van der Waals surface area contributed by atoms with E-state index in [4.69, 9.17) is 0 Å². The van der Waals surface area contributed by atoms with Gasteiger partial charge in [0.05, 0.1) is 11.7 Å². The number of amides is 1. The number of carbonyl (C=O) groups excluding carboxylic acids is 1. The van der Waals surface area contributed by atoms with Gasteiger partial charge in [0, 0.05) is 10.8 Å². The molecule has 3 aromatic heterocycles. The van der Waals surface area contributed by atoms with Crippen LogP contribution in [0, 0.1) is 0 Å². The smallest absolute Gasteiger partial charge is 0.262 e. The summed E-state index contributed by atoms with van der Waals surface area (Å²) in [6, 6.07) is 11.0. The Hall–Kier alpha value is -2.91. The molecule has 0 radical (unpaired) electrons. The molecule has 0 bridgehead atoms. The van der Waals surface area contributed by atoms with Gasteiger partial charge in [-0.25, -0.2) is 4.98 Å². The van der Waals surface area contributed by atoms with Crippen molar-refractivity contribution >= 4 is 43.9 Å². The maximum atomic E-state index is 13.1. The van der Waals surface area contributed by atoms with Crippen LogP contribution in [0.3, 0.4) is 0 Å². The van der Waals surface area contributed by atoms with Crippen LogP contribution in [0.15, 0.2) is 47.5 Å². The molecule has 0 fully saturated rings. The van der Waals surface area contributed by atoms with Crippen LogP contribution in [0.5, 0.6) is 0 Å². The Kier molecular flexibility index (Phi) is 5.74. The highest BCUT2D eigenvalue weighted by molar-refractivity contribution is 7.21. The fourth-order valence-electron chi connectivity index (χ4n) is 3.12. The van der Waals surface area contributed by atoms with E-state index in [1.54, 1.807) is 0 Å². The monoisotopic (exact) mass is 439 g/mol. The van der Waals surface area contributed by atoms with Crippen molar-refractivity contribution in [3.05, 3.63) is 58.1 Å². The molecule has 0 aliphatic rings. The summed E-state index contributed by atoms with van der Waals surface area (Å²) in [5, 5.41) is 12.7. The molecule has 1 atom stereocenters. The van der Waals surface area contributed by atoms with E-state index in [0.29, 0.717) is 21.8 Å². The van der Waals surface area contributed by atoms with Crippen LogP contribution >= 0.6 is 22.7 Å². The van der Waals surface area contributed by atoms with Crippen LogP contribution in [0.1, 0.15) is 44.2 Å². The molecule has 4 aromatic rings. The van der Waals surface area contributed by atoms with Gasteiger partial charge in [0.15, 0.2) is 0 Å². The molecule has 9 heteroatoms. The van der Waals surface area contributed by atoms with E-state index in [0.717, 1.165) is 15.4 Å². The van der Waals surface area contributed by atoms with Gasteiger partial charge in [-0.1, -0.05) is 62.4 Å².